The average Bonchev–Trinajstić information content (AvgIpc) is 1.62. The number of Topliss-reactive ketones (excluding diaryl/α,β-unsaturated/α-hetero) is 2. The van der Waals surface area contributed by atoms with E-state index in [-0.39, 0.29) is 32.8 Å². The van der Waals surface area contributed by atoms with Crippen molar-refractivity contribution >= 4 is 11.6 Å². The van der Waals surface area contributed by atoms with Gasteiger partial charge in [0.2, 0.25) is 0 Å². The molecular weight excluding hydrogens is 152 g/mol. The highest BCUT2D eigenvalue weighted by Crippen LogP contribution is 1.80. The maximum absolute atomic E-state index is 10.0. The van der Waals surface area contributed by atoms with Crippen molar-refractivity contribution in [2.75, 3.05) is 0 Å². The Balaban J connectivity index is -0.0000000569. The summed E-state index contributed by atoms with van der Waals surface area (Å²) in [6.45, 7) is 4.46. The molecule has 0 N–H and O–H groups in total. The topological polar surface area (TPSA) is 34.1 Å². The van der Waals surface area contributed by atoms with E-state index in [0.717, 1.165) is 0 Å². The normalized spacial score (nSPS) is 5.50. The molecule has 12 heavy (non-hydrogen) atoms. The van der Waals surface area contributed by atoms with Crippen LogP contribution in [0.4, 0.5) is 0 Å². The van der Waals surface area contributed by atoms with Gasteiger partial charge < -0.3 is 0 Å². The quantitative estimate of drug-likeness (QED) is 0.473. The first-order valence-electron chi connectivity index (χ1n) is 2.90. The lowest BCUT2D eigenvalue weighted by Gasteiger charge is -1.81. The van der Waals surface area contributed by atoms with Crippen LogP contribution in [0.15, 0.2) is 0 Å². The Morgan fingerprint density at radius 3 is 1.33 bits per heavy atom. The first-order chi connectivity index (χ1) is 4.54. The first-order valence-corrected chi connectivity index (χ1v) is 2.90. The second-order valence-corrected chi connectivity index (χ2v) is 1.87. The van der Waals surface area contributed by atoms with E-state index in [9.17, 15) is 9.59 Å². The van der Waals surface area contributed by atoms with Crippen LogP contribution in [0.5, 0.6) is 0 Å². The molecule has 0 aliphatic rings. The monoisotopic (exact) mass is 172 g/mol. The Morgan fingerprint density at radius 1 is 1.17 bits per heavy atom. The van der Waals surface area contributed by atoms with Crippen LogP contribution < -0.4 is 0 Å². The molecular formula is C10H20O2. The van der Waals surface area contributed by atoms with Gasteiger partial charge in [-0.3, -0.25) is 9.59 Å². The number of terminal acetylenes is 1. The van der Waals surface area contributed by atoms with Crippen LogP contribution >= 0.6 is 0 Å². The Morgan fingerprint density at radius 2 is 1.33 bits per heavy atom. The molecule has 0 saturated heterocycles. The van der Waals surface area contributed by atoms with Crippen LogP contribution in [0, 0.1) is 12.3 Å². The number of carbonyl (C=O) groups excluding carboxylic acids is 2. The number of hydrogen-bond acceptors (Lipinski definition) is 2. The number of rotatable bonds is 2. The third-order valence-corrected chi connectivity index (χ3v) is 0.498. The highest BCUT2D eigenvalue weighted by atomic mass is 16.1. The molecule has 0 heterocycles. The van der Waals surface area contributed by atoms with Crippen LogP contribution in [-0.4, -0.2) is 11.6 Å². The van der Waals surface area contributed by atoms with E-state index >= 15 is 0 Å². The third kappa shape index (κ3) is 66.0. The van der Waals surface area contributed by atoms with Crippen molar-refractivity contribution in [2.24, 2.45) is 0 Å². The smallest absolute Gasteiger partial charge is 0.137 e. The van der Waals surface area contributed by atoms with Gasteiger partial charge in [-0.2, -0.15) is 0 Å². The largest absolute Gasteiger partial charge is 0.300 e. The fourth-order valence-electron chi connectivity index (χ4n) is 0.351. The van der Waals surface area contributed by atoms with Crippen LogP contribution in [0.2, 0.25) is 0 Å². The molecule has 0 aromatic rings. The van der Waals surface area contributed by atoms with E-state index in [4.69, 9.17) is 0 Å². The van der Waals surface area contributed by atoms with Gasteiger partial charge >= 0.3 is 0 Å². The SMILES string of the molecule is C.C.C#CC.CC(=O)CC(C)=O. The van der Waals surface area contributed by atoms with E-state index in [1.54, 1.807) is 6.92 Å². The minimum atomic E-state index is -0.0625. The minimum absolute atomic E-state index is 0. The zero-order valence-electron chi connectivity index (χ0n) is 6.60. The summed E-state index contributed by atoms with van der Waals surface area (Å²) >= 11 is 0. The summed E-state index contributed by atoms with van der Waals surface area (Å²) in [6.07, 6.45) is 4.68. The average molecular weight is 172 g/mol. The van der Waals surface area contributed by atoms with Crippen molar-refractivity contribution in [3.63, 3.8) is 0 Å². The van der Waals surface area contributed by atoms with Crippen molar-refractivity contribution in [2.45, 2.75) is 42.0 Å². The van der Waals surface area contributed by atoms with Gasteiger partial charge in [-0.25, -0.2) is 0 Å². The van der Waals surface area contributed by atoms with Gasteiger partial charge in [-0.1, -0.05) is 14.9 Å². The van der Waals surface area contributed by atoms with Crippen LogP contribution in [0.25, 0.3) is 0 Å². The predicted octanol–water partition coefficient (Wildman–Crippen LogP) is 2.47. The highest BCUT2D eigenvalue weighted by Gasteiger charge is 1.94. The molecule has 0 aromatic carbocycles. The fraction of sp³-hybridized carbons (Fsp3) is 0.600. The minimum Gasteiger partial charge on any atom is -0.300 e. The lowest BCUT2D eigenvalue weighted by atomic mass is 10.2. The molecule has 72 valence electrons. The molecule has 0 aromatic heterocycles. The Bertz CT molecular complexity index is 140. The van der Waals surface area contributed by atoms with Gasteiger partial charge in [0.1, 0.15) is 11.6 Å². The zero-order chi connectivity index (χ0) is 8.57. The molecule has 0 aliphatic carbocycles. The molecule has 2 heteroatoms. The zero-order valence-corrected chi connectivity index (χ0v) is 6.60. The lowest BCUT2D eigenvalue weighted by molar-refractivity contribution is -0.124. The summed E-state index contributed by atoms with van der Waals surface area (Å²) in [5.41, 5.74) is 0. The molecule has 0 atom stereocenters. The summed E-state index contributed by atoms with van der Waals surface area (Å²) in [7, 11) is 0. The van der Waals surface area contributed by atoms with Crippen LogP contribution in [-0.2, 0) is 9.59 Å². The lowest BCUT2D eigenvalue weighted by Crippen LogP contribution is -1.97. The van der Waals surface area contributed by atoms with Gasteiger partial charge in [-0.05, 0) is 20.8 Å². The van der Waals surface area contributed by atoms with Gasteiger partial charge in [0.15, 0.2) is 0 Å². The first kappa shape index (κ1) is 22.4. The standard InChI is InChI=1S/C5H8O2.C3H4.2CH4/c1-4(6)3-5(2)7;1-3-2;;/h3H2,1-2H3;1H,2H3;2*1H4. The van der Waals surface area contributed by atoms with Crippen molar-refractivity contribution in [3.05, 3.63) is 0 Å². The highest BCUT2D eigenvalue weighted by molar-refractivity contribution is 5.96. The fourth-order valence-corrected chi connectivity index (χ4v) is 0.351. The molecule has 2 nitrogen and oxygen atoms in total. The van der Waals surface area contributed by atoms with Crippen molar-refractivity contribution in [1.29, 1.82) is 0 Å². The van der Waals surface area contributed by atoms with E-state index < -0.39 is 0 Å². The maximum atomic E-state index is 10.0. The Hall–Kier alpha value is -1.10. The summed E-state index contributed by atoms with van der Waals surface area (Å²) in [5, 5.41) is 0. The molecule has 0 saturated carbocycles. The van der Waals surface area contributed by atoms with E-state index in [1.807, 2.05) is 0 Å². The number of ketones is 2. The molecule has 0 amide bonds. The molecule has 0 spiro atoms. The molecule has 0 aliphatic heterocycles. The summed E-state index contributed by atoms with van der Waals surface area (Å²) in [4.78, 5) is 20.1. The second-order valence-electron chi connectivity index (χ2n) is 1.87. The molecule has 0 unspecified atom stereocenters. The van der Waals surface area contributed by atoms with Crippen LogP contribution in [0.3, 0.4) is 0 Å². The predicted molar refractivity (Wildman–Crippen MR) is 53.9 cm³/mol. The summed E-state index contributed by atoms with van der Waals surface area (Å²) in [5.74, 6) is 2.13. The third-order valence-electron chi connectivity index (χ3n) is 0.498. The summed E-state index contributed by atoms with van der Waals surface area (Å²) in [6, 6.07) is 0. The Kier molecular flexibility index (Phi) is 30.8. The van der Waals surface area contributed by atoms with E-state index in [1.165, 1.54) is 13.8 Å². The van der Waals surface area contributed by atoms with Crippen molar-refractivity contribution in [1.82, 2.24) is 0 Å². The van der Waals surface area contributed by atoms with Gasteiger partial charge in [0.25, 0.3) is 0 Å². The molecule has 0 radical (unpaired) electrons. The maximum Gasteiger partial charge on any atom is 0.137 e. The van der Waals surface area contributed by atoms with Crippen molar-refractivity contribution in [3.8, 4) is 12.3 Å². The van der Waals surface area contributed by atoms with Crippen LogP contribution in [0.1, 0.15) is 42.0 Å². The number of hydrogen-bond donors (Lipinski definition) is 0. The van der Waals surface area contributed by atoms with Gasteiger partial charge in [0, 0.05) is 0 Å². The molecule has 0 fully saturated rings. The second kappa shape index (κ2) is 16.5. The van der Waals surface area contributed by atoms with E-state index in [2.05, 4.69) is 12.3 Å². The summed E-state index contributed by atoms with van der Waals surface area (Å²) < 4.78 is 0. The molecule has 0 bridgehead atoms. The van der Waals surface area contributed by atoms with E-state index in [0.29, 0.717) is 0 Å². The Labute approximate surface area is 76.4 Å². The molecule has 0 rings (SSSR count). The number of carbonyl (C=O) groups is 2. The van der Waals surface area contributed by atoms with Crippen molar-refractivity contribution < 1.29 is 9.59 Å². The van der Waals surface area contributed by atoms with Gasteiger partial charge in [-0.15, -0.1) is 12.3 Å². The van der Waals surface area contributed by atoms with Gasteiger partial charge in [0.05, 0.1) is 6.42 Å².